The molecule has 0 aromatic carbocycles. The molecular formula is C20H29N5O. The number of piperidine rings is 2. The number of pyridine rings is 1. The number of aromatic amines is 1. The second kappa shape index (κ2) is 7.86. The van der Waals surface area contributed by atoms with Crippen LogP contribution in [-0.2, 0) is 13.1 Å². The van der Waals surface area contributed by atoms with Gasteiger partial charge < -0.3 is 10.1 Å². The molecule has 4 heterocycles. The van der Waals surface area contributed by atoms with E-state index in [1.807, 2.05) is 18.6 Å². The maximum absolute atomic E-state index is 10.1. The van der Waals surface area contributed by atoms with Crippen LogP contribution in [0.5, 0.6) is 0 Å². The molecule has 0 bridgehead atoms. The Kier molecular flexibility index (Phi) is 5.33. The first kappa shape index (κ1) is 17.6. The van der Waals surface area contributed by atoms with Crippen LogP contribution in [0.4, 0.5) is 0 Å². The molecule has 2 aliphatic heterocycles. The van der Waals surface area contributed by atoms with Crippen molar-refractivity contribution in [3.8, 4) is 0 Å². The average Bonchev–Trinajstić information content (AvgIpc) is 3.19. The van der Waals surface area contributed by atoms with Gasteiger partial charge in [-0.05, 0) is 62.0 Å². The largest absolute Gasteiger partial charge is 0.396 e. The molecule has 0 amide bonds. The van der Waals surface area contributed by atoms with Crippen LogP contribution < -0.4 is 0 Å². The summed E-state index contributed by atoms with van der Waals surface area (Å²) in [4.78, 5) is 16.4. The standard InChI is InChI=1S/C20H29N5O/c26-15-18-13-25(14-19-11-22-16-23-19)10-5-20(18)3-8-24(9-4-20)12-17-1-6-21-7-2-17/h1-2,6-7,11,16,18,26H,3-5,8-10,12-15H2,(H,22,23)/t18-/m1/s1. The van der Waals surface area contributed by atoms with Gasteiger partial charge >= 0.3 is 0 Å². The number of rotatable bonds is 5. The van der Waals surface area contributed by atoms with Crippen LogP contribution in [0, 0.1) is 11.3 Å². The van der Waals surface area contributed by atoms with Crippen LogP contribution >= 0.6 is 0 Å². The number of imidazole rings is 1. The summed E-state index contributed by atoms with van der Waals surface area (Å²) < 4.78 is 0. The summed E-state index contributed by atoms with van der Waals surface area (Å²) in [5.41, 5.74) is 2.81. The van der Waals surface area contributed by atoms with Gasteiger partial charge in [-0.2, -0.15) is 0 Å². The zero-order chi connectivity index (χ0) is 17.8. The summed E-state index contributed by atoms with van der Waals surface area (Å²) in [6.07, 6.45) is 11.0. The molecule has 0 unspecified atom stereocenters. The lowest BCUT2D eigenvalue weighted by molar-refractivity contribution is -0.0452. The zero-order valence-electron chi connectivity index (χ0n) is 15.3. The molecule has 26 heavy (non-hydrogen) atoms. The lowest BCUT2D eigenvalue weighted by Gasteiger charge is -2.51. The van der Waals surface area contributed by atoms with Crippen molar-refractivity contribution in [1.82, 2.24) is 24.8 Å². The Balaban J connectivity index is 1.34. The molecule has 4 rings (SSSR count). The maximum atomic E-state index is 10.1. The molecule has 6 nitrogen and oxygen atoms in total. The monoisotopic (exact) mass is 355 g/mol. The summed E-state index contributed by atoms with van der Waals surface area (Å²) in [5.74, 6) is 0.377. The molecule has 0 aliphatic carbocycles. The Bertz CT molecular complexity index is 667. The molecule has 2 saturated heterocycles. The molecule has 6 heteroatoms. The van der Waals surface area contributed by atoms with Gasteiger partial charge in [0.05, 0.1) is 6.33 Å². The fourth-order valence-electron chi connectivity index (χ4n) is 4.75. The van der Waals surface area contributed by atoms with Crippen LogP contribution in [0.1, 0.15) is 30.5 Å². The second-order valence-corrected chi connectivity index (χ2v) is 7.94. The fraction of sp³-hybridized carbons (Fsp3) is 0.600. The van der Waals surface area contributed by atoms with Crippen molar-refractivity contribution < 1.29 is 5.11 Å². The lowest BCUT2D eigenvalue weighted by Crippen LogP contribution is -2.53. The minimum Gasteiger partial charge on any atom is -0.396 e. The van der Waals surface area contributed by atoms with Gasteiger partial charge in [0, 0.05) is 56.4 Å². The fourth-order valence-corrected chi connectivity index (χ4v) is 4.75. The van der Waals surface area contributed by atoms with Crippen LogP contribution in [-0.4, -0.2) is 62.6 Å². The molecule has 2 aromatic heterocycles. The van der Waals surface area contributed by atoms with E-state index < -0.39 is 0 Å². The number of H-pyrrole nitrogens is 1. The SMILES string of the molecule is OC[C@H]1CN(Cc2cnc[nH]2)CCC12CCN(Cc1ccncc1)CC2. The van der Waals surface area contributed by atoms with Crippen molar-refractivity contribution in [2.24, 2.45) is 11.3 Å². The van der Waals surface area contributed by atoms with Crippen LogP contribution in [0.25, 0.3) is 0 Å². The van der Waals surface area contributed by atoms with E-state index in [2.05, 4.69) is 36.9 Å². The maximum Gasteiger partial charge on any atom is 0.0922 e. The third-order valence-electron chi connectivity index (χ3n) is 6.45. The van der Waals surface area contributed by atoms with Crippen molar-refractivity contribution in [3.63, 3.8) is 0 Å². The molecule has 0 saturated carbocycles. The average molecular weight is 355 g/mol. The number of nitrogens with zero attached hydrogens (tertiary/aromatic N) is 4. The lowest BCUT2D eigenvalue weighted by atomic mass is 9.64. The predicted octanol–water partition coefficient (Wildman–Crippen LogP) is 1.90. The number of aromatic nitrogens is 3. The van der Waals surface area contributed by atoms with Gasteiger partial charge in [0.2, 0.25) is 0 Å². The zero-order valence-corrected chi connectivity index (χ0v) is 15.3. The Morgan fingerprint density at radius 1 is 1.04 bits per heavy atom. The Hall–Kier alpha value is -1.76. The number of aliphatic hydroxyl groups is 1. The third-order valence-corrected chi connectivity index (χ3v) is 6.45. The highest BCUT2D eigenvalue weighted by Gasteiger charge is 2.44. The van der Waals surface area contributed by atoms with E-state index in [9.17, 15) is 5.11 Å². The van der Waals surface area contributed by atoms with Gasteiger partial charge in [0.1, 0.15) is 0 Å². The van der Waals surface area contributed by atoms with Gasteiger partial charge in [-0.1, -0.05) is 0 Å². The van der Waals surface area contributed by atoms with E-state index in [4.69, 9.17) is 0 Å². The van der Waals surface area contributed by atoms with E-state index in [1.165, 1.54) is 24.8 Å². The molecule has 2 N–H and O–H groups in total. The summed E-state index contributed by atoms with van der Waals surface area (Å²) in [6, 6.07) is 4.21. The van der Waals surface area contributed by atoms with E-state index in [0.29, 0.717) is 17.9 Å². The van der Waals surface area contributed by atoms with Gasteiger partial charge in [-0.3, -0.25) is 14.8 Å². The highest BCUT2D eigenvalue weighted by Crippen LogP contribution is 2.45. The smallest absolute Gasteiger partial charge is 0.0922 e. The first-order valence-electron chi connectivity index (χ1n) is 9.69. The van der Waals surface area contributed by atoms with E-state index in [-0.39, 0.29) is 0 Å². The van der Waals surface area contributed by atoms with Gasteiger partial charge in [-0.15, -0.1) is 0 Å². The summed E-state index contributed by atoms with van der Waals surface area (Å²) in [5, 5.41) is 10.1. The molecule has 2 fully saturated rings. The molecule has 2 aromatic rings. The van der Waals surface area contributed by atoms with Crippen LogP contribution in [0.2, 0.25) is 0 Å². The van der Waals surface area contributed by atoms with E-state index in [1.54, 1.807) is 6.33 Å². The van der Waals surface area contributed by atoms with Crippen molar-refractivity contribution in [3.05, 3.63) is 48.3 Å². The summed E-state index contributed by atoms with van der Waals surface area (Å²) >= 11 is 0. The number of nitrogens with one attached hydrogen (secondary N) is 1. The molecule has 1 atom stereocenters. The van der Waals surface area contributed by atoms with Crippen molar-refractivity contribution >= 4 is 0 Å². The minimum atomic E-state index is 0.295. The molecular weight excluding hydrogens is 326 g/mol. The number of hydrogen-bond acceptors (Lipinski definition) is 5. The van der Waals surface area contributed by atoms with E-state index in [0.717, 1.165) is 45.0 Å². The third kappa shape index (κ3) is 3.82. The van der Waals surface area contributed by atoms with Gasteiger partial charge in [0.25, 0.3) is 0 Å². The number of likely N-dealkylation sites (tertiary alicyclic amines) is 2. The molecule has 140 valence electrons. The molecule has 2 aliphatic rings. The van der Waals surface area contributed by atoms with Crippen molar-refractivity contribution in [2.75, 3.05) is 32.8 Å². The summed E-state index contributed by atoms with van der Waals surface area (Å²) in [7, 11) is 0. The normalized spacial score (nSPS) is 24.1. The Labute approximate surface area is 155 Å². The van der Waals surface area contributed by atoms with E-state index >= 15 is 0 Å². The molecule has 1 spiro atoms. The highest BCUT2D eigenvalue weighted by atomic mass is 16.3. The van der Waals surface area contributed by atoms with Crippen LogP contribution in [0.3, 0.4) is 0 Å². The predicted molar refractivity (Wildman–Crippen MR) is 100 cm³/mol. The van der Waals surface area contributed by atoms with Gasteiger partial charge in [0.15, 0.2) is 0 Å². The summed E-state index contributed by atoms with van der Waals surface area (Å²) in [6.45, 7) is 6.55. The quantitative estimate of drug-likeness (QED) is 0.857. The number of aliphatic hydroxyl groups excluding tert-OH is 1. The van der Waals surface area contributed by atoms with Crippen molar-refractivity contribution in [2.45, 2.75) is 32.4 Å². The number of hydrogen-bond donors (Lipinski definition) is 2. The minimum absolute atomic E-state index is 0.295. The first-order valence-corrected chi connectivity index (χ1v) is 9.69. The highest BCUT2D eigenvalue weighted by molar-refractivity contribution is 5.10. The first-order chi connectivity index (χ1) is 12.8. The van der Waals surface area contributed by atoms with Crippen LogP contribution in [0.15, 0.2) is 37.1 Å². The topological polar surface area (TPSA) is 68.3 Å². The second-order valence-electron chi connectivity index (χ2n) is 7.94. The Morgan fingerprint density at radius 3 is 2.42 bits per heavy atom. The molecule has 0 radical (unpaired) electrons. The van der Waals surface area contributed by atoms with Crippen molar-refractivity contribution in [1.29, 1.82) is 0 Å². The van der Waals surface area contributed by atoms with Gasteiger partial charge in [-0.25, -0.2) is 4.98 Å². The Morgan fingerprint density at radius 2 is 1.77 bits per heavy atom.